The lowest BCUT2D eigenvalue weighted by Crippen LogP contribution is -1.99. The van der Waals surface area contributed by atoms with E-state index in [4.69, 9.17) is 4.74 Å². The van der Waals surface area contributed by atoms with Gasteiger partial charge in [-0.05, 0) is 55.7 Å². The number of carbonyl (C=O) groups excluding carboxylic acids is 1. The average Bonchev–Trinajstić information content (AvgIpc) is 2.83. The van der Waals surface area contributed by atoms with Gasteiger partial charge in [-0.25, -0.2) is 9.48 Å². The van der Waals surface area contributed by atoms with Crippen molar-refractivity contribution in [3.63, 3.8) is 0 Å². The van der Waals surface area contributed by atoms with Gasteiger partial charge in [0.15, 0.2) is 0 Å². The highest BCUT2D eigenvalue weighted by molar-refractivity contribution is 5.87. The highest BCUT2D eigenvalue weighted by Gasteiger charge is 2.03. The van der Waals surface area contributed by atoms with Gasteiger partial charge >= 0.3 is 5.97 Å². The molecular formula is C16H18N2O2. The molecule has 0 radical (unpaired) electrons. The van der Waals surface area contributed by atoms with Crippen LogP contribution in [0.5, 0.6) is 0 Å². The molecule has 1 aromatic heterocycles. The van der Waals surface area contributed by atoms with Crippen LogP contribution in [0.15, 0.2) is 36.7 Å². The van der Waals surface area contributed by atoms with E-state index in [1.54, 1.807) is 13.0 Å². The number of benzene rings is 1. The molecule has 2 aromatic rings. The summed E-state index contributed by atoms with van der Waals surface area (Å²) in [5.74, 6) is -0.322. The van der Waals surface area contributed by atoms with Gasteiger partial charge in [0.2, 0.25) is 0 Å². The van der Waals surface area contributed by atoms with Gasteiger partial charge in [0, 0.05) is 12.3 Å². The maximum Gasteiger partial charge on any atom is 0.330 e. The second kappa shape index (κ2) is 6.19. The predicted molar refractivity (Wildman–Crippen MR) is 78.7 cm³/mol. The number of rotatable bonds is 4. The molecular weight excluding hydrogens is 252 g/mol. The van der Waals surface area contributed by atoms with Gasteiger partial charge in [-0.2, -0.15) is 5.10 Å². The minimum atomic E-state index is -0.322. The van der Waals surface area contributed by atoms with Crippen molar-refractivity contribution < 1.29 is 9.53 Å². The lowest BCUT2D eigenvalue weighted by molar-refractivity contribution is -0.137. The lowest BCUT2D eigenvalue weighted by Gasteiger charge is -2.06. The van der Waals surface area contributed by atoms with E-state index < -0.39 is 0 Å². The summed E-state index contributed by atoms with van der Waals surface area (Å²) in [4.78, 5) is 11.3. The van der Waals surface area contributed by atoms with Crippen LogP contribution in [0, 0.1) is 13.8 Å². The monoisotopic (exact) mass is 270 g/mol. The summed E-state index contributed by atoms with van der Waals surface area (Å²) in [7, 11) is 0. The van der Waals surface area contributed by atoms with Crippen LogP contribution in [-0.4, -0.2) is 22.4 Å². The molecule has 0 aliphatic heterocycles. The van der Waals surface area contributed by atoms with E-state index in [9.17, 15) is 4.79 Å². The number of hydrogen-bond donors (Lipinski definition) is 0. The van der Waals surface area contributed by atoms with Crippen LogP contribution in [0.1, 0.15) is 23.6 Å². The third-order valence-electron chi connectivity index (χ3n) is 2.88. The van der Waals surface area contributed by atoms with Crippen LogP contribution in [0.2, 0.25) is 0 Å². The molecule has 0 saturated carbocycles. The molecule has 0 aliphatic carbocycles. The largest absolute Gasteiger partial charge is 0.463 e. The minimum absolute atomic E-state index is 0.322. The van der Waals surface area contributed by atoms with Crippen LogP contribution in [0.25, 0.3) is 11.8 Å². The number of carbonyl (C=O) groups is 1. The third-order valence-corrected chi connectivity index (χ3v) is 2.88. The van der Waals surface area contributed by atoms with Gasteiger partial charge in [-0.1, -0.05) is 6.07 Å². The van der Waals surface area contributed by atoms with E-state index in [2.05, 4.69) is 5.10 Å². The average molecular weight is 270 g/mol. The Morgan fingerprint density at radius 2 is 2.20 bits per heavy atom. The molecule has 0 bridgehead atoms. The van der Waals surface area contributed by atoms with Gasteiger partial charge in [0.1, 0.15) is 0 Å². The Kier molecular flexibility index (Phi) is 4.35. The summed E-state index contributed by atoms with van der Waals surface area (Å²) in [6, 6.07) is 5.96. The van der Waals surface area contributed by atoms with Crippen molar-refractivity contribution in [2.24, 2.45) is 0 Å². The summed E-state index contributed by atoms with van der Waals surface area (Å²) in [6.45, 7) is 6.21. The maximum atomic E-state index is 11.3. The van der Waals surface area contributed by atoms with Crippen LogP contribution in [-0.2, 0) is 9.53 Å². The van der Waals surface area contributed by atoms with Crippen LogP contribution >= 0.6 is 0 Å². The van der Waals surface area contributed by atoms with Crippen molar-refractivity contribution in [1.29, 1.82) is 0 Å². The second-order valence-electron chi connectivity index (χ2n) is 4.59. The molecule has 0 amide bonds. The predicted octanol–water partition coefficient (Wildman–Crippen LogP) is 3.07. The number of aryl methyl sites for hydroxylation is 2. The number of nitrogens with zero attached hydrogens (tertiary/aromatic N) is 2. The first-order valence-electron chi connectivity index (χ1n) is 6.57. The molecule has 1 aromatic carbocycles. The van der Waals surface area contributed by atoms with Gasteiger partial charge < -0.3 is 4.74 Å². The molecule has 4 nitrogen and oxygen atoms in total. The Morgan fingerprint density at radius 1 is 1.40 bits per heavy atom. The third kappa shape index (κ3) is 3.35. The van der Waals surface area contributed by atoms with Gasteiger partial charge in [-0.3, -0.25) is 0 Å². The molecule has 2 rings (SSSR count). The molecule has 104 valence electrons. The standard InChI is InChI=1S/C16H18N2O2/c1-4-20-16(19)8-6-14-5-7-15(13(3)9-14)18-11-12(2)10-17-18/h5-11H,4H2,1-3H3/b8-6+. The lowest BCUT2D eigenvalue weighted by atomic mass is 10.1. The minimum Gasteiger partial charge on any atom is -0.463 e. The van der Waals surface area contributed by atoms with E-state index in [1.807, 2.05) is 49.1 Å². The summed E-state index contributed by atoms with van der Waals surface area (Å²) >= 11 is 0. The summed E-state index contributed by atoms with van der Waals surface area (Å²) in [6.07, 6.45) is 7.00. The number of hydrogen-bond acceptors (Lipinski definition) is 3. The van der Waals surface area contributed by atoms with Gasteiger partial charge in [-0.15, -0.1) is 0 Å². The van der Waals surface area contributed by atoms with E-state index in [0.29, 0.717) is 6.61 Å². The van der Waals surface area contributed by atoms with E-state index >= 15 is 0 Å². The van der Waals surface area contributed by atoms with Crippen LogP contribution in [0.3, 0.4) is 0 Å². The Labute approximate surface area is 118 Å². The molecule has 0 N–H and O–H groups in total. The zero-order chi connectivity index (χ0) is 14.5. The normalized spacial score (nSPS) is 10.9. The number of esters is 1. The summed E-state index contributed by atoms with van der Waals surface area (Å²) < 4.78 is 6.70. The fourth-order valence-electron chi connectivity index (χ4n) is 1.94. The fraction of sp³-hybridized carbons (Fsp3) is 0.250. The van der Waals surface area contributed by atoms with Crippen molar-refractivity contribution >= 4 is 12.0 Å². The second-order valence-corrected chi connectivity index (χ2v) is 4.59. The van der Waals surface area contributed by atoms with Crippen LogP contribution in [0.4, 0.5) is 0 Å². The molecule has 0 saturated heterocycles. The number of aromatic nitrogens is 2. The first kappa shape index (κ1) is 14.1. The van der Waals surface area contributed by atoms with Gasteiger partial charge in [0.25, 0.3) is 0 Å². The topological polar surface area (TPSA) is 44.1 Å². The molecule has 0 unspecified atom stereocenters. The van der Waals surface area contributed by atoms with Crippen LogP contribution < -0.4 is 0 Å². The van der Waals surface area contributed by atoms with Gasteiger partial charge in [0.05, 0.1) is 18.5 Å². The van der Waals surface area contributed by atoms with Crippen molar-refractivity contribution in [2.75, 3.05) is 6.61 Å². The molecule has 1 heterocycles. The summed E-state index contributed by atoms with van der Waals surface area (Å²) in [5.41, 5.74) is 4.21. The molecule has 0 spiro atoms. The maximum absolute atomic E-state index is 11.3. The zero-order valence-electron chi connectivity index (χ0n) is 12.0. The highest BCUT2D eigenvalue weighted by atomic mass is 16.5. The fourth-order valence-corrected chi connectivity index (χ4v) is 1.94. The molecule has 0 aliphatic rings. The van der Waals surface area contributed by atoms with Crippen molar-refractivity contribution in [1.82, 2.24) is 9.78 Å². The molecule has 4 heteroatoms. The molecule has 0 atom stereocenters. The quantitative estimate of drug-likeness (QED) is 0.633. The zero-order valence-corrected chi connectivity index (χ0v) is 12.0. The number of ether oxygens (including phenoxy) is 1. The smallest absolute Gasteiger partial charge is 0.330 e. The van der Waals surface area contributed by atoms with Crippen molar-refractivity contribution in [3.05, 3.63) is 53.4 Å². The Balaban J connectivity index is 2.20. The van der Waals surface area contributed by atoms with E-state index in [1.165, 1.54) is 6.08 Å². The first-order valence-corrected chi connectivity index (χ1v) is 6.57. The summed E-state index contributed by atoms with van der Waals surface area (Å²) in [5, 5.41) is 4.30. The van der Waals surface area contributed by atoms with E-state index in [0.717, 1.165) is 22.4 Å². The SMILES string of the molecule is CCOC(=O)/C=C/c1ccc(-n2cc(C)cn2)c(C)c1. The van der Waals surface area contributed by atoms with Crippen molar-refractivity contribution in [2.45, 2.75) is 20.8 Å². The van der Waals surface area contributed by atoms with E-state index in [-0.39, 0.29) is 5.97 Å². The molecule has 0 fully saturated rings. The molecule has 20 heavy (non-hydrogen) atoms. The Bertz CT molecular complexity index is 642. The Morgan fingerprint density at radius 3 is 2.80 bits per heavy atom. The first-order chi connectivity index (χ1) is 9.60. The van der Waals surface area contributed by atoms with Crippen molar-refractivity contribution in [3.8, 4) is 5.69 Å². The Hall–Kier alpha value is -2.36. The highest BCUT2D eigenvalue weighted by Crippen LogP contribution is 2.16.